The lowest BCUT2D eigenvalue weighted by Gasteiger charge is -2.14. The standard InChI is InChI=1S/C14H16N4O3/c1-18(2)7-9-5-3-4-6-10(9)17-13(19)11-12(14(20)21)16-8-15-11/h3-6,8H,7H2,1-2H3,(H,15,16)(H,17,19)(H,20,21). The quantitative estimate of drug-likeness (QED) is 0.773. The summed E-state index contributed by atoms with van der Waals surface area (Å²) in [5, 5.41) is 11.7. The predicted octanol–water partition coefficient (Wildman–Crippen LogP) is 1.42. The summed E-state index contributed by atoms with van der Waals surface area (Å²) in [4.78, 5) is 31.3. The number of nitrogens with zero attached hydrogens (tertiary/aromatic N) is 2. The fraction of sp³-hybridized carbons (Fsp3) is 0.214. The van der Waals surface area contributed by atoms with Crippen LogP contribution in [0.4, 0.5) is 5.69 Å². The van der Waals surface area contributed by atoms with Crippen LogP contribution in [0.1, 0.15) is 26.5 Å². The minimum atomic E-state index is -1.22. The van der Waals surface area contributed by atoms with Gasteiger partial charge in [-0.25, -0.2) is 9.78 Å². The van der Waals surface area contributed by atoms with Gasteiger partial charge in [-0.15, -0.1) is 0 Å². The summed E-state index contributed by atoms with van der Waals surface area (Å²) < 4.78 is 0. The van der Waals surface area contributed by atoms with Gasteiger partial charge in [0.25, 0.3) is 5.91 Å². The minimum Gasteiger partial charge on any atom is -0.477 e. The average molecular weight is 288 g/mol. The highest BCUT2D eigenvalue weighted by Crippen LogP contribution is 2.17. The second-order valence-corrected chi connectivity index (χ2v) is 4.78. The van der Waals surface area contributed by atoms with Crippen LogP contribution in [0, 0.1) is 0 Å². The highest BCUT2D eigenvalue weighted by molar-refractivity contribution is 6.08. The van der Waals surface area contributed by atoms with E-state index in [1.54, 1.807) is 12.1 Å². The number of carbonyl (C=O) groups is 2. The van der Waals surface area contributed by atoms with Crippen LogP contribution in [0.25, 0.3) is 0 Å². The average Bonchev–Trinajstić information content (AvgIpc) is 2.90. The van der Waals surface area contributed by atoms with Crippen molar-refractivity contribution in [2.45, 2.75) is 6.54 Å². The molecular weight excluding hydrogens is 272 g/mol. The fourth-order valence-corrected chi connectivity index (χ4v) is 1.93. The molecule has 21 heavy (non-hydrogen) atoms. The largest absolute Gasteiger partial charge is 0.477 e. The molecule has 0 radical (unpaired) electrons. The molecule has 1 aromatic heterocycles. The molecular formula is C14H16N4O3. The second kappa shape index (κ2) is 6.19. The predicted molar refractivity (Wildman–Crippen MR) is 77.3 cm³/mol. The van der Waals surface area contributed by atoms with Crippen molar-refractivity contribution < 1.29 is 14.7 Å². The number of rotatable bonds is 5. The van der Waals surface area contributed by atoms with Crippen molar-refractivity contribution in [3.05, 3.63) is 47.5 Å². The Kier molecular flexibility index (Phi) is 4.34. The zero-order valence-corrected chi connectivity index (χ0v) is 11.8. The van der Waals surface area contributed by atoms with Gasteiger partial charge >= 0.3 is 5.97 Å². The number of benzene rings is 1. The Hall–Kier alpha value is -2.67. The van der Waals surface area contributed by atoms with E-state index in [1.165, 1.54) is 6.33 Å². The third kappa shape index (κ3) is 3.46. The van der Waals surface area contributed by atoms with Crippen molar-refractivity contribution in [1.82, 2.24) is 14.9 Å². The van der Waals surface area contributed by atoms with Crippen LogP contribution in [-0.2, 0) is 6.54 Å². The van der Waals surface area contributed by atoms with E-state index in [9.17, 15) is 9.59 Å². The van der Waals surface area contributed by atoms with Crippen molar-refractivity contribution in [2.24, 2.45) is 0 Å². The van der Waals surface area contributed by atoms with E-state index in [0.29, 0.717) is 12.2 Å². The molecule has 2 rings (SSSR count). The molecule has 2 aromatic rings. The van der Waals surface area contributed by atoms with Gasteiger partial charge in [-0.1, -0.05) is 18.2 Å². The second-order valence-electron chi connectivity index (χ2n) is 4.78. The summed E-state index contributed by atoms with van der Waals surface area (Å²) in [6.07, 6.45) is 1.18. The molecule has 0 aliphatic heterocycles. The highest BCUT2D eigenvalue weighted by atomic mass is 16.4. The summed E-state index contributed by atoms with van der Waals surface area (Å²) in [5.74, 6) is -1.78. The number of hydrogen-bond donors (Lipinski definition) is 3. The molecule has 0 saturated heterocycles. The van der Waals surface area contributed by atoms with Crippen LogP contribution in [0.5, 0.6) is 0 Å². The molecule has 7 nitrogen and oxygen atoms in total. The van der Waals surface area contributed by atoms with Crippen molar-refractivity contribution in [3.63, 3.8) is 0 Å². The van der Waals surface area contributed by atoms with Crippen molar-refractivity contribution in [2.75, 3.05) is 19.4 Å². The van der Waals surface area contributed by atoms with Crippen LogP contribution < -0.4 is 5.32 Å². The van der Waals surface area contributed by atoms with E-state index in [1.807, 2.05) is 31.1 Å². The van der Waals surface area contributed by atoms with Crippen LogP contribution >= 0.6 is 0 Å². The first-order valence-corrected chi connectivity index (χ1v) is 6.29. The van der Waals surface area contributed by atoms with Crippen molar-refractivity contribution >= 4 is 17.6 Å². The molecule has 1 aromatic carbocycles. The number of imidazole rings is 1. The fourth-order valence-electron chi connectivity index (χ4n) is 1.93. The Balaban J connectivity index is 2.24. The molecule has 1 heterocycles. The van der Waals surface area contributed by atoms with E-state index in [0.717, 1.165) is 5.56 Å². The normalized spacial score (nSPS) is 10.6. The van der Waals surface area contributed by atoms with Crippen LogP contribution in [0.2, 0.25) is 0 Å². The SMILES string of the molecule is CN(C)Cc1ccccc1NC(=O)c1nc[nH]c1C(=O)O. The van der Waals surface area contributed by atoms with Crippen LogP contribution in [0.15, 0.2) is 30.6 Å². The first-order chi connectivity index (χ1) is 9.99. The maximum Gasteiger partial charge on any atom is 0.354 e. The lowest BCUT2D eigenvalue weighted by molar-refractivity contribution is 0.0686. The molecule has 0 saturated carbocycles. The van der Waals surface area contributed by atoms with Gasteiger partial charge in [0.2, 0.25) is 0 Å². The molecule has 0 aliphatic carbocycles. The van der Waals surface area contributed by atoms with Gasteiger partial charge < -0.3 is 20.3 Å². The Morgan fingerprint density at radius 2 is 2.05 bits per heavy atom. The Morgan fingerprint density at radius 1 is 1.33 bits per heavy atom. The lowest BCUT2D eigenvalue weighted by Crippen LogP contribution is -2.19. The summed E-state index contributed by atoms with van der Waals surface area (Å²) >= 11 is 0. The van der Waals surface area contributed by atoms with E-state index < -0.39 is 11.9 Å². The minimum absolute atomic E-state index is 0.137. The summed E-state index contributed by atoms with van der Waals surface area (Å²) in [6.45, 7) is 0.656. The maximum absolute atomic E-state index is 12.2. The number of aromatic carboxylic acids is 1. The Bertz CT molecular complexity index is 664. The number of aromatic amines is 1. The molecule has 0 atom stereocenters. The van der Waals surface area contributed by atoms with Crippen LogP contribution in [0.3, 0.4) is 0 Å². The summed E-state index contributed by atoms with van der Waals surface area (Å²) in [5.41, 5.74) is 1.21. The third-order valence-electron chi connectivity index (χ3n) is 2.82. The van der Waals surface area contributed by atoms with E-state index in [4.69, 9.17) is 5.11 Å². The monoisotopic (exact) mass is 288 g/mol. The molecule has 1 amide bonds. The van der Waals surface area contributed by atoms with Gasteiger partial charge in [-0.05, 0) is 25.7 Å². The van der Waals surface area contributed by atoms with Crippen molar-refractivity contribution in [3.8, 4) is 0 Å². The first-order valence-electron chi connectivity index (χ1n) is 6.29. The first kappa shape index (κ1) is 14.7. The number of para-hydroxylation sites is 1. The van der Waals surface area contributed by atoms with Gasteiger partial charge in [0.15, 0.2) is 11.4 Å². The molecule has 0 bridgehead atoms. The van der Waals surface area contributed by atoms with Crippen molar-refractivity contribution in [1.29, 1.82) is 0 Å². The lowest BCUT2D eigenvalue weighted by atomic mass is 10.1. The number of H-pyrrole nitrogens is 1. The maximum atomic E-state index is 12.2. The molecule has 0 fully saturated rings. The number of amides is 1. The van der Waals surface area contributed by atoms with Crippen LogP contribution in [-0.4, -0.2) is 45.9 Å². The summed E-state index contributed by atoms with van der Waals surface area (Å²) in [7, 11) is 3.85. The number of carboxylic acid groups (broad SMARTS) is 1. The number of anilines is 1. The summed E-state index contributed by atoms with van der Waals surface area (Å²) in [6, 6.07) is 7.35. The molecule has 0 spiro atoms. The third-order valence-corrected chi connectivity index (χ3v) is 2.82. The molecule has 0 unspecified atom stereocenters. The Morgan fingerprint density at radius 3 is 2.71 bits per heavy atom. The van der Waals surface area contributed by atoms with Gasteiger partial charge in [0.1, 0.15) is 0 Å². The number of aromatic nitrogens is 2. The topological polar surface area (TPSA) is 98.3 Å². The van der Waals surface area contributed by atoms with Gasteiger partial charge in [0, 0.05) is 12.2 Å². The number of carboxylic acids is 1. The zero-order chi connectivity index (χ0) is 15.4. The van der Waals surface area contributed by atoms with Gasteiger partial charge in [-0.3, -0.25) is 4.79 Å². The zero-order valence-electron chi connectivity index (χ0n) is 11.8. The van der Waals surface area contributed by atoms with Gasteiger partial charge in [-0.2, -0.15) is 0 Å². The molecule has 110 valence electrons. The molecule has 0 aliphatic rings. The number of nitrogens with one attached hydrogen (secondary N) is 2. The molecule has 3 N–H and O–H groups in total. The Labute approximate surface area is 121 Å². The number of hydrogen-bond acceptors (Lipinski definition) is 4. The smallest absolute Gasteiger partial charge is 0.354 e. The van der Waals surface area contributed by atoms with E-state index in [-0.39, 0.29) is 11.4 Å². The van der Waals surface area contributed by atoms with Gasteiger partial charge in [0.05, 0.1) is 6.33 Å². The number of carbonyl (C=O) groups excluding carboxylic acids is 1. The highest BCUT2D eigenvalue weighted by Gasteiger charge is 2.20. The van der Waals surface area contributed by atoms with E-state index in [2.05, 4.69) is 15.3 Å². The van der Waals surface area contributed by atoms with E-state index >= 15 is 0 Å². The molecule has 7 heteroatoms.